The smallest absolute Gasteiger partial charge is 0.387 e. The van der Waals surface area contributed by atoms with Crippen LogP contribution in [0, 0.1) is 0 Å². The molecule has 1 aromatic rings. The molecule has 0 radical (unpaired) electrons. The Labute approximate surface area is 116 Å². The Hall–Kier alpha value is -0.880. The first-order valence-electron chi connectivity index (χ1n) is 4.86. The van der Waals surface area contributed by atoms with Crippen molar-refractivity contribution in [3.8, 4) is 5.75 Å². The summed E-state index contributed by atoms with van der Waals surface area (Å²) in [5, 5.41) is 0.420. The summed E-state index contributed by atoms with van der Waals surface area (Å²) in [7, 11) is 1.24. The van der Waals surface area contributed by atoms with Gasteiger partial charge in [0.25, 0.3) is 0 Å². The van der Waals surface area contributed by atoms with Crippen molar-refractivity contribution < 1.29 is 23.0 Å². The van der Waals surface area contributed by atoms with E-state index in [2.05, 4.69) is 25.4 Å². The predicted molar refractivity (Wildman–Crippen MR) is 66.4 cm³/mol. The van der Waals surface area contributed by atoms with E-state index < -0.39 is 12.6 Å². The maximum Gasteiger partial charge on any atom is 0.387 e. The topological polar surface area (TPSA) is 35.5 Å². The second kappa shape index (κ2) is 6.89. The Bertz CT molecular complexity index is 441. The van der Waals surface area contributed by atoms with E-state index in [4.69, 9.17) is 11.6 Å². The van der Waals surface area contributed by atoms with Crippen LogP contribution in [0.4, 0.5) is 8.78 Å². The number of rotatable bonds is 5. The molecule has 0 spiro atoms. The molecule has 7 heteroatoms. The number of hydrogen-bond donors (Lipinski definition) is 0. The van der Waals surface area contributed by atoms with E-state index in [9.17, 15) is 13.6 Å². The van der Waals surface area contributed by atoms with Crippen LogP contribution in [0.1, 0.15) is 11.1 Å². The molecule has 0 saturated heterocycles. The Morgan fingerprint density at radius 3 is 2.67 bits per heavy atom. The summed E-state index contributed by atoms with van der Waals surface area (Å²) in [6, 6.07) is 3.02. The van der Waals surface area contributed by atoms with E-state index in [0.717, 1.165) is 0 Å². The van der Waals surface area contributed by atoms with Gasteiger partial charge in [0.05, 0.1) is 18.6 Å². The molecule has 0 N–H and O–H groups in total. The average molecular weight is 344 g/mol. The molecule has 0 fully saturated rings. The van der Waals surface area contributed by atoms with Gasteiger partial charge in [-0.15, -0.1) is 0 Å². The highest BCUT2D eigenvalue weighted by Gasteiger charge is 2.16. The van der Waals surface area contributed by atoms with E-state index in [-0.39, 0.29) is 17.2 Å². The van der Waals surface area contributed by atoms with Gasteiger partial charge >= 0.3 is 12.6 Å². The lowest BCUT2D eigenvalue weighted by Crippen LogP contribution is -2.08. The second-order valence-corrected chi connectivity index (χ2v) is 4.27. The second-order valence-electron chi connectivity index (χ2n) is 3.33. The van der Waals surface area contributed by atoms with Gasteiger partial charge in [0, 0.05) is 5.33 Å². The minimum Gasteiger partial charge on any atom is -0.469 e. The van der Waals surface area contributed by atoms with E-state index in [1.54, 1.807) is 6.07 Å². The van der Waals surface area contributed by atoms with Crippen LogP contribution in [-0.4, -0.2) is 19.7 Å². The van der Waals surface area contributed by atoms with Crippen LogP contribution >= 0.6 is 27.5 Å². The number of ether oxygens (including phenoxy) is 2. The molecule has 18 heavy (non-hydrogen) atoms. The molecule has 100 valence electrons. The highest BCUT2D eigenvalue weighted by molar-refractivity contribution is 9.08. The summed E-state index contributed by atoms with van der Waals surface area (Å²) in [4.78, 5) is 11.2. The summed E-state index contributed by atoms with van der Waals surface area (Å²) in [6.45, 7) is -2.97. The fraction of sp³-hybridized carbons (Fsp3) is 0.364. The molecule has 1 aromatic carbocycles. The molecule has 0 saturated carbocycles. The Morgan fingerprint density at radius 2 is 2.17 bits per heavy atom. The zero-order chi connectivity index (χ0) is 13.7. The minimum absolute atomic E-state index is 0.00889. The van der Waals surface area contributed by atoms with Crippen molar-refractivity contribution in [2.24, 2.45) is 0 Å². The van der Waals surface area contributed by atoms with Crippen molar-refractivity contribution in [3.05, 3.63) is 28.3 Å². The lowest BCUT2D eigenvalue weighted by molar-refractivity contribution is -0.139. The number of carbonyl (C=O) groups excluding carboxylic acids is 1. The monoisotopic (exact) mass is 342 g/mol. The molecule has 0 aliphatic carbocycles. The molecular weight excluding hydrogens is 333 g/mol. The third-order valence-electron chi connectivity index (χ3n) is 2.11. The highest BCUT2D eigenvalue weighted by atomic mass is 79.9. The largest absolute Gasteiger partial charge is 0.469 e. The standard InChI is InChI=1S/C11H10BrClF2O3/c1-17-9(16)4-7-2-6(5-12)3-8(10(7)13)18-11(14)15/h2-3,11H,4-5H2,1H3. The number of halogens is 4. The first-order chi connectivity index (χ1) is 8.47. The first kappa shape index (κ1) is 15.2. The summed E-state index contributed by atoms with van der Waals surface area (Å²) in [5.74, 6) is -0.658. The highest BCUT2D eigenvalue weighted by Crippen LogP contribution is 2.32. The fourth-order valence-corrected chi connectivity index (χ4v) is 1.88. The van der Waals surface area contributed by atoms with Crippen LogP contribution in [0.15, 0.2) is 12.1 Å². The van der Waals surface area contributed by atoms with Crippen LogP contribution < -0.4 is 4.74 Å². The normalized spacial score (nSPS) is 10.6. The molecule has 0 heterocycles. The Kier molecular flexibility index (Phi) is 5.81. The quantitative estimate of drug-likeness (QED) is 0.606. The fourth-order valence-electron chi connectivity index (χ4n) is 1.33. The molecule has 3 nitrogen and oxygen atoms in total. The number of benzene rings is 1. The SMILES string of the molecule is COC(=O)Cc1cc(CBr)cc(OC(F)F)c1Cl. The lowest BCUT2D eigenvalue weighted by Gasteiger charge is -2.12. The van der Waals surface area contributed by atoms with Crippen molar-refractivity contribution in [3.63, 3.8) is 0 Å². The number of carbonyl (C=O) groups is 1. The third-order valence-corrected chi connectivity index (χ3v) is 3.18. The van der Waals surface area contributed by atoms with Crippen LogP contribution in [0.25, 0.3) is 0 Å². The molecule has 0 aliphatic heterocycles. The van der Waals surface area contributed by atoms with Gasteiger partial charge in [-0.2, -0.15) is 8.78 Å². The number of alkyl halides is 3. The minimum atomic E-state index is -2.97. The van der Waals surface area contributed by atoms with Crippen LogP contribution in [0.3, 0.4) is 0 Å². The summed E-state index contributed by atoms with van der Waals surface area (Å²) >= 11 is 9.10. The molecule has 0 bridgehead atoms. The van der Waals surface area contributed by atoms with Gasteiger partial charge < -0.3 is 9.47 Å². The summed E-state index contributed by atoms with van der Waals surface area (Å²) < 4.78 is 33.2. The van der Waals surface area contributed by atoms with Crippen molar-refractivity contribution in [2.45, 2.75) is 18.4 Å². The predicted octanol–water partition coefficient (Wildman–Crippen LogP) is 3.55. The van der Waals surface area contributed by atoms with Crippen molar-refractivity contribution in [1.82, 2.24) is 0 Å². The molecule has 0 unspecified atom stereocenters. The van der Waals surface area contributed by atoms with Crippen LogP contribution in [0.5, 0.6) is 5.75 Å². The number of methoxy groups -OCH3 is 1. The number of hydrogen-bond acceptors (Lipinski definition) is 3. The van der Waals surface area contributed by atoms with E-state index in [1.165, 1.54) is 13.2 Å². The van der Waals surface area contributed by atoms with Gasteiger partial charge in [0.2, 0.25) is 0 Å². The molecule has 1 rings (SSSR count). The van der Waals surface area contributed by atoms with Gasteiger partial charge in [-0.25, -0.2) is 0 Å². The molecular formula is C11H10BrClF2O3. The zero-order valence-corrected chi connectivity index (χ0v) is 11.7. The van der Waals surface area contributed by atoms with Gasteiger partial charge in [0.1, 0.15) is 5.75 Å². The van der Waals surface area contributed by atoms with E-state index in [1.807, 2.05) is 0 Å². The Morgan fingerprint density at radius 1 is 1.50 bits per heavy atom. The zero-order valence-electron chi connectivity index (χ0n) is 9.38. The van der Waals surface area contributed by atoms with Gasteiger partial charge in [-0.3, -0.25) is 4.79 Å². The van der Waals surface area contributed by atoms with Crippen LogP contribution in [0.2, 0.25) is 5.02 Å². The van der Waals surface area contributed by atoms with Crippen molar-refractivity contribution in [2.75, 3.05) is 7.11 Å². The third kappa shape index (κ3) is 4.10. The average Bonchev–Trinajstić information content (AvgIpc) is 2.33. The maximum absolute atomic E-state index is 12.2. The van der Waals surface area contributed by atoms with E-state index >= 15 is 0 Å². The van der Waals surface area contributed by atoms with Crippen LogP contribution in [-0.2, 0) is 21.3 Å². The summed E-state index contributed by atoms with van der Waals surface area (Å²) in [6.07, 6.45) is -0.101. The van der Waals surface area contributed by atoms with Crippen molar-refractivity contribution in [1.29, 1.82) is 0 Å². The maximum atomic E-state index is 12.2. The van der Waals surface area contributed by atoms with Gasteiger partial charge in [0.15, 0.2) is 0 Å². The summed E-state index contributed by atoms with van der Waals surface area (Å²) in [5.41, 5.74) is 1.06. The lowest BCUT2D eigenvalue weighted by atomic mass is 10.1. The molecule has 0 aliphatic rings. The van der Waals surface area contributed by atoms with Gasteiger partial charge in [-0.05, 0) is 17.2 Å². The Balaban J connectivity index is 3.11. The number of esters is 1. The van der Waals surface area contributed by atoms with Gasteiger partial charge in [-0.1, -0.05) is 33.6 Å². The first-order valence-corrected chi connectivity index (χ1v) is 6.36. The molecule has 0 aromatic heterocycles. The molecule has 0 amide bonds. The van der Waals surface area contributed by atoms with E-state index in [0.29, 0.717) is 16.5 Å². The molecule has 0 atom stereocenters. The van der Waals surface area contributed by atoms with Crippen molar-refractivity contribution >= 4 is 33.5 Å².